The molecule has 0 aliphatic carbocycles. The number of nitrogens with zero attached hydrogens (tertiary/aromatic N) is 1. The molecule has 0 bridgehead atoms. The number of aliphatic hydroxyl groups excluding tert-OH is 1. The van der Waals surface area contributed by atoms with E-state index in [1.807, 2.05) is 19.1 Å². The molecule has 0 unspecified atom stereocenters. The van der Waals surface area contributed by atoms with Gasteiger partial charge in [-0.3, -0.25) is 4.98 Å². The third kappa shape index (κ3) is 2.16. The molecule has 2 nitrogen and oxygen atoms in total. The van der Waals surface area contributed by atoms with Crippen molar-refractivity contribution in [2.24, 2.45) is 0 Å². The lowest BCUT2D eigenvalue weighted by atomic mass is 10.1. The molecule has 58 valence electrons. The molecule has 1 heterocycles. The Morgan fingerprint density at radius 2 is 2.45 bits per heavy atom. The van der Waals surface area contributed by atoms with Crippen LogP contribution in [0, 0.1) is 6.92 Å². The molecule has 0 fully saturated rings. The molecule has 0 atom stereocenters. The average molecular weight is 149 g/mol. The van der Waals surface area contributed by atoms with Crippen molar-refractivity contribution >= 4 is 6.08 Å². The first-order chi connectivity index (χ1) is 5.34. The van der Waals surface area contributed by atoms with E-state index in [0.717, 1.165) is 5.56 Å². The third-order valence-electron chi connectivity index (χ3n) is 1.48. The van der Waals surface area contributed by atoms with Gasteiger partial charge >= 0.3 is 0 Å². The SMILES string of the molecule is Cc1ccncc1C=CCO. The maximum atomic E-state index is 8.51. The van der Waals surface area contributed by atoms with Gasteiger partial charge in [0.15, 0.2) is 0 Å². The summed E-state index contributed by atoms with van der Waals surface area (Å²) in [7, 11) is 0. The summed E-state index contributed by atoms with van der Waals surface area (Å²) >= 11 is 0. The summed E-state index contributed by atoms with van der Waals surface area (Å²) in [6, 6.07) is 1.94. The van der Waals surface area contributed by atoms with E-state index in [2.05, 4.69) is 4.98 Å². The Morgan fingerprint density at radius 3 is 3.09 bits per heavy atom. The van der Waals surface area contributed by atoms with Crippen LogP contribution in [0.5, 0.6) is 0 Å². The lowest BCUT2D eigenvalue weighted by Gasteiger charge is -1.95. The zero-order valence-corrected chi connectivity index (χ0v) is 6.49. The standard InChI is InChI=1S/C9H11NO/c1-8-4-5-10-7-9(8)3-2-6-11/h2-5,7,11H,6H2,1H3. The summed E-state index contributed by atoms with van der Waals surface area (Å²) in [5, 5.41) is 8.51. The predicted octanol–water partition coefficient (Wildman–Crippen LogP) is 1.40. The minimum absolute atomic E-state index is 0.0777. The fraction of sp³-hybridized carbons (Fsp3) is 0.222. The van der Waals surface area contributed by atoms with Crippen LogP contribution in [0.1, 0.15) is 11.1 Å². The highest BCUT2D eigenvalue weighted by molar-refractivity contribution is 5.51. The summed E-state index contributed by atoms with van der Waals surface area (Å²) < 4.78 is 0. The molecule has 0 saturated carbocycles. The first-order valence-electron chi connectivity index (χ1n) is 3.52. The monoisotopic (exact) mass is 149 g/mol. The van der Waals surface area contributed by atoms with Gasteiger partial charge in [-0.05, 0) is 24.1 Å². The summed E-state index contributed by atoms with van der Waals surface area (Å²) in [6.07, 6.45) is 7.10. The third-order valence-corrected chi connectivity index (χ3v) is 1.48. The molecular weight excluding hydrogens is 138 g/mol. The quantitative estimate of drug-likeness (QED) is 0.689. The first kappa shape index (κ1) is 7.95. The molecule has 0 radical (unpaired) electrons. The average Bonchev–Trinajstić information content (AvgIpc) is 2.03. The number of aryl methyl sites for hydroxylation is 1. The van der Waals surface area contributed by atoms with E-state index in [9.17, 15) is 0 Å². The highest BCUT2D eigenvalue weighted by Gasteiger charge is 1.89. The smallest absolute Gasteiger partial charge is 0.0615 e. The van der Waals surface area contributed by atoms with Gasteiger partial charge in [-0.2, -0.15) is 0 Å². The Kier molecular flexibility index (Phi) is 2.81. The van der Waals surface area contributed by atoms with Crippen molar-refractivity contribution < 1.29 is 5.11 Å². The van der Waals surface area contributed by atoms with Gasteiger partial charge in [-0.1, -0.05) is 12.2 Å². The molecule has 0 aromatic carbocycles. The fourth-order valence-corrected chi connectivity index (χ4v) is 0.830. The number of aliphatic hydroxyl groups is 1. The predicted molar refractivity (Wildman–Crippen MR) is 45.1 cm³/mol. The van der Waals surface area contributed by atoms with Gasteiger partial charge in [0.2, 0.25) is 0 Å². The van der Waals surface area contributed by atoms with E-state index in [1.54, 1.807) is 18.5 Å². The Bertz CT molecular complexity index is 255. The normalized spacial score (nSPS) is 10.7. The van der Waals surface area contributed by atoms with E-state index < -0.39 is 0 Å². The highest BCUT2D eigenvalue weighted by atomic mass is 16.2. The van der Waals surface area contributed by atoms with Crippen LogP contribution in [0.2, 0.25) is 0 Å². The lowest BCUT2D eigenvalue weighted by Crippen LogP contribution is -1.81. The molecule has 0 amide bonds. The minimum Gasteiger partial charge on any atom is -0.392 e. The van der Waals surface area contributed by atoms with E-state index in [4.69, 9.17) is 5.11 Å². The van der Waals surface area contributed by atoms with Crippen LogP contribution < -0.4 is 0 Å². The van der Waals surface area contributed by atoms with Crippen LogP contribution in [0.25, 0.3) is 6.08 Å². The zero-order chi connectivity index (χ0) is 8.10. The number of aromatic nitrogens is 1. The van der Waals surface area contributed by atoms with Crippen LogP contribution in [0.15, 0.2) is 24.5 Å². The largest absolute Gasteiger partial charge is 0.392 e. The van der Waals surface area contributed by atoms with Crippen molar-refractivity contribution in [3.63, 3.8) is 0 Å². The second-order valence-corrected chi connectivity index (χ2v) is 2.32. The van der Waals surface area contributed by atoms with Crippen LogP contribution in [-0.2, 0) is 0 Å². The van der Waals surface area contributed by atoms with E-state index >= 15 is 0 Å². The molecular formula is C9H11NO. The zero-order valence-electron chi connectivity index (χ0n) is 6.49. The summed E-state index contributed by atoms with van der Waals surface area (Å²) in [5.41, 5.74) is 2.23. The molecule has 0 aliphatic heterocycles. The Hall–Kier alpha value is -1.15. The number of rotatable bonds is 2. The van der Waals surface area contributed by atoms with Crippen molar-refractivity contribution in [1.29, 1.82) is 0 Å². The van der Waals surface area contributed by atoms with Crippen LogP contribution in [0.4, 0.5) is 0 Å². The highest BCUT2D eigenvalue weighted by Crippen LogP contribution is 2.05. The second-order valence-electron chi connectivity index (χ2n) is 2.32. The maximum absolute atomic E-state index is 8.51. The van der Waals surface area contributed by atoms with Crippen LogP contribution in [-0.4, -0.2) is 16.7 Å². The van der Waals surface area contributed by atoms with Gasteiger partial charge in [0.25, 0.3) is 0 Å². The first-order valence-corrected chi connectivity index (χ1v) is 3.52. The van der Waals surface area contributed by atoms with Crippen molar-refractivity contribution in [3.8, 4) is 0 Å². The van der Waals surface area contributed by atoms with Crippen LogP contribution in [0.3, 0.4) is 0 Å². The molecule has 11 heavy (non-hydrogen) atoms. The van der Waals surface area contributed by atoms with E-state index in [1.165, 1.54) is 5.56 Å². The van der Waals surface area contributed by atoms with Crippen molar-refractivity contribution in [2.75, 3.05) is 6.61 Å². The topological polar surface area (TPSA) is 33.1 Å². The van der Waals surface area contributed by atoms with Gasteiger partial charge in [-0.25, -0.2) is 0 Å². The second kappa shape index (κ2) is 3.88. The lowest BCUT2D eigenvalue weighted by molar-refractivity contribution is 0.343. The van der Waals surface area contributed by atoms with Crippen LogP contribution >= 0.6 is 0 Å². The molecule has 0 aliphatic rings. The number of hydrogen-bond donors (Lipinski definition) is 1. The molecule has 2 heteroatoms. The fourth-order valence-electron chi connectivity index (χ4n) is 0.830. The molecule has 0 spiro atoms. The van der Waals surface area contributed by atoms with Gasteiger partial charge < -0.3 is 5.11 Å². The minimum atomic E-state index is 0.0777. The van der Waals surface area contributed by atoms with Crippen molar-refractivity contribution in [1.82, 2.24) is 4.98 Å². The van der Waals surface area contributed by atoms with Gasteiger partial charge in [0, 0.05) is 12.4 Å². The summed E-state index contributed by atoms with van der Waals surface area (Å²) in [4.78, 5) is 3.97. The summed E-state index contributed by atoms with van der Waals surface area (Å²) in [6.45, 7) is 2.09. The van der Waals surface area contributed by atoms with E-state index in [0.29, 0.717) is 0 Å². The molecule has 1 rings (SSSR count). The van der Waals surface area contributed by atoms with Crippen molar-refractivity contribution in [2.45, 2.75) is 6.92 Å². The Labute approximate surface area is 66.2 Å². The van der Waals surface area contributed by atoms with Gasteiger partial charge in [0.05, 0.1) is 6.61 Å². The van der Waals surface area contributed by atoms with Gasteiger partial charge in [-0.15, -0.1) is 0 Å². The molecule has 1 N–H and O–H groups in total. The number of hydrogen-bond acceptors (Lipinski definition) is 2. The molecule has 1 aromatic heterocycles. The van der Waals surface area contributed by atoms with E-state index in [-0.39, 0.29) is 6.61 Å². The Balaban J connectivity index is 2.86. The molecule has 0 saturated heterocycles. The summed E-state index contributed by atoms with van der Waals surface area (Å²) in [5.74, 6) is 0. The number of pyridine rings is 1. The molecule has 1 aromatic rings. The van der Waals surface area contributed by atoms with Crippen molar-refractivity contribution in [3.05, 3.63) is 35.7 Å². The Morgan fingerprint density at radius 1 is 1.64 bits per heavy atom. The van der Waals surface area contributed by atoms with Gasteiger partial charge in [0.1, 0.15) is 0 Å². The maximum Gasteiger partial charge on any atom is 0.0615 e.